The number of aromatic amines is 1. The number of imidazole rings is 1. The van der Waals surface area contributed by atoms with Crippen LogP contribution in [0, 0.1) is 23.7 Å². The molecular weight excluding hydrogens is 460 g/mol. The molecule has 3 saturated carbocycles. The second-order valence-corrected chi connectivity index (χ2v) is 11.0. The van der Waals surface area contributed by atoms with E-state index in [1.165, 1.54) is 24.8 Å². The molecule has 4 aromatic rings. The lowest BCUT2D eigenvalue weighted by Gasteiger charge is -2.20. The highest BCUT2D eigenvalue weighted by molar-refractivity contribution is 5.96. The summed E-state index contributed by atoms with van der Waals surface area (Å²) in [6.45, 7) is 0. The van der Waals surface area contributed by atoms with E-state index in [0.29, 0.717) is 11.8 Å². The Hall–Kier alpha value is -3.93. The molecule has 0 spiro atoms. The van der Waals surface area contributed by atoms with E-state index in [0.717, 1.165) is 52.6 Å². The fourth-order valence-corrected chi connectivity index (χ4v) is 6.52. The van der Waals surface area contributed by atoms with Gasteiger partial charge in [-0.3, -0.25) is 9.59 Å². The van der Waals surface area contributed by atoms with Crippen LogP contribution in [-0.2, 0) is 9.59 Å². The van der Waals surface area contributed by atoms with Crippen molar-refractivity contribution < 1.29 is 9.59 Å². The van der Waals surface area contributed by atoms with Crippen molar-refractivity contribution in [3.8, 4) is 11.4 Å². The highest BCUT2D eigenvalue weighted by Crippen LogP contribution is 2.49. The molecule has 2 amide bonds. The zero-order chi connectivity index (χ0) is 24.9. The average molecular weight is 491 g/mol. The van der Waals surface area contributed by atoms with Crippen LogP contribution >= 0.6 is 0 Å². The number of H-pyrrole nitrogens is 1. The van der Waals surface area contributed by atoms with Crippen LogP contribution in [0.25, 0.3) is 22.4 Å². The van der Waals surface area contributed by atoms with E-state index in [4.69, 9.17) is 4.98 Å². The molecule has 0 radical (unpaired) electrons. The standard InChI is InChI=1S/C31H30N4O2/c36-30(25-15-18-6-7-21(25)14-18)33-23-12-13-27-28(16-23)35-29(34-27)20-8-10-22(11-9-20)32-31(37)26-17-24(26)19-4-2-1-3-5-19/h1-5,8-13,16,18,21,24-26H,6-7,14-15,17H2,(H,32,37)(H,33,36)(H,34,35)/t18?,21?,24-,25?,26+/m1/s1. The number of rotatable bonds is 6. The number of carbonyl (C=O) groups excluding carboxylic acids is 2. The number of amides is 2. The summed E-state index contributed by atoms with van der Waals surface area (Å²) in [6.07, 6.45) is 5.65. The maximum atomic E-state index is 12.8. The van der Waals surface area contributed by atoms with Gasteiger partial charge in [-0.05, 0) is 91.5 Å². The second-order valence-electron chi connectivity index (χ2n) is 11.0. The Kier molecular flexibility index (Phi) is 5.34. The van der Waals surface area contributed by atoms with Gasteiger partial charge in [-0.25, -0.2) is 4.98 Å². The Labute approximate surface area is 215 Å². The minimum atomic E-state index is 0.0379. The smallest absolute Gasteiger partial charge is 0.228 e. The number of nitrogens with one attached hydrogen (secondary N) is 3. The molecule has 3 N–H and O–H groups in total. The van der Waals surface area contributed by atoms with E-state index < -0.39 is 0 Å². The summed E-state index contributed by atoms with van der Waals surface area (Å²) in [5.41, 5.74) is 5.51. The van der Waals surface area contributed by atoms with Gasteiger partial charge in [-0.2, -0.15) is 0 Å². The van der Waals surface area contributed by atoms with Crippen molar-refractivity contribution in [2.24, 2.45) is 23.7 Å². The van der Waals surface area contributed by atoms with Crippen LogP contribution < -0.4 is 10.6 Å². The Bertz CT molecular complexity index is 1480. The Balaban J connectivity index is 1.00. The van der Waals surface area contributed by atoms with Gasteiger partial charge in [0.15, 0.2) is 0 Å². The zero-order valence-corrected chi connectivity index (χ0v) is 20.6. The monoisotopic (exact) mass is 490 g/mol. The molecule has 0 aliphatic heterocycles. The van der Waals surface area contributed by atoms with E-state index in [-0.39, 0.29) is 23.7 Å². The molecule has 7 rings (SSSR count). The van der Waals surface area contributed by atoms with Crippen LogP contribution in [0.1, 0.15) is 43.6 Å². The van der Waals surface area contributed by atoms with Crippen molar-refractivity contribution in [3.05, 3.63) is 78.4 Å². The minimum absolute atomic E-state index is 0.0379. The zero-order valence-electron chi connectivity index (χ0n) is 20.6. The van der Waals surface area contributed by atoms with Crippen molar-refractivity contribution in [1.29, 1.82) is 0 Å². The summed E-state index contributed by atoms with van der Waals surface area (Å²) < 4.78 is 0. The van der Waals surface area contributed by atoms with Crippen LogP contribution in [0.4, 0.5) is 11.4 Å². The van der Waals surface area contributed by atoms with E-state index in [9.17, 15) is 9.59 Å². The molecule has 3 aliphatic carbocycles. The summed E-state index contributed by atoms with van der Waals surface area (Å²) in [5, 5.41) is 6.19. The maximum Gasteiger partial charge on any atom is 0.228 e. The molecule has 1 heterocycles. The fourth-order valence-electron chi connectivity index (χ4n) is 6.52. The number of hydrogen-bond donors (Lipinski definition) is 3. The van der Waals surface area contributed by atoms with Crippen LogP contribution in [0.2, 0.25) is 0 Å². The van der Waals surface area contributed by atoms with Gasteiger partial charge in [-0.1, -0.05) is 36.8 Å². The molecule has 3 aromatic carbocycles. The maximum absolute atomic E-state index is 12.8. The van der Waals surface area contributed by atoms with Gasteiger partial charge in [0.1, 0.15) is 5.82 Å². The fraction of sp³-hybridized carbons (Fsp3) is 0.323. The average Bonchev–Trinajstić information content (AvgIpc) is 3.22. The van der Waals surface area contributed by atoms with E-state index in [2.05, 4.69) is 27.8 Å². The summed E-state index contributed by atoms with van der Waals surface area (Å²) >= 11 is 0. The van der Waals surface area contributed by atoms with Gasteiger partial charge in [0, 0.05) is 28.8 Å². The van der Waals surface area contributed by atoms with Crippen molar-refractivity contribution >= 4 is 34.2 Å². The lowest BCUT2D eigenvalue weighted by atomic mass is 9.88. The van der Waals surface area contributed by atoms with E-state index in [1.807, 2.05) is 60.7 Å². The predicted octanol–water partition coefficient (Wildman–Crippen LogP) is 6.35. The van der Waals surface area contributed by atoms with Crippen molar-refractivity contribution in [3.63, 3.8) is 0 Å². The summed E-state index contributed by atoms with van der Waals surface area (Å²) in [7, 11) is 0. The Morgan fingerprint density at radius 3 is 2.30 bits per heavy atom. The van der Waals surface area contributed by atoms with Crippen LogP contribution in [-0.4, -0.2) is 21.8 Å². The third-order valence-electron chi connectivity index (χ3n) is 8.61. The molecular formula is C31H30N4O2. The predicted molar refractivity (Wildman–Crippen MR) is 145 cm³/mol. The molecule has 3 unspecified atom stereocenters. The molecule has 6 nitrogen and oxygen atoms in total. The van der Waals surface area contributed by atoms with Gasteiger partial charge in [-0.15, -0.1) is 0 Å². The molecule has 0 saturated heterocycles. The molecule has 5 atom stereocenters. The van der Waals surface area contributed by atoms with E-state index >= 15 is 0 Å². The number of benzene rings is 3. The first kappa shape index (κ1) is 22.3. The highest BCUT2D eigenvalue weighted by atomic mass is 16.2. The second kappa shape index (κ2) is 8.87. The first-order valence-corrected chi connectivity index (χ1v) is 13.4. The largest absolute Gasteiger partial charge is 0.338 e. The van der Waals surface area contributed by atoms with Crippen LogP contribution in [0.5, 0.6) is 0 Å². The molecule has 37 heavy (non-hydrogen) atoms. The molecule has 186 valence electrons. The Morgan fingerprint density at radius 1 is 0.784 bits per heavy atom. The van der Waals surface area contributed by atoms with Crippen molar-refractivity contribution in [1.82, 2.24) is 9.97 Å². The molecule has 6 heteroatoms. The number of anilines is 2. The summed E-state index contributed by atoms with van der Waals surface area (Å²) in [4.78, 5) is 33.7. The first-order valence-electron chi connectivity index (χ1n) is 13.4. The molecule has 3 fully saturated rings. The topological polar surface area (TPSA) is 86.9 Å². The molecule has 1 aromatic heterocycles. The quantitative estimate of drug-likeness (QED) is 0.294. The number of aromatic nitrogens is 2. The van der Waals surface area contributed by atoms with Crippen LogP contribution in [0.3, 0.4) is 0 Å². The number of nitrogens with zero attached hydrogens (tertiary/aromatic N) is 1. The summed E-state index contributed by atoms with van der Waals surface area (Å²) in [5.74, 6) is 2.82. The highest BCUT2D eigenvalue weighted by Gasteiger charge is 2.44. The lowest BCUT2D eigenvalue weighted by molar-refractivity contribution is -0.121. The van der Waals surface area contributed by atoms with Crippen LogP contribution in [0.15, 0.2) is 72.8 Å². The summed E-state index contributed by atoms with van der Waals surface area (Å²) in [6, 6.07) is 23.8. The van der Waals surface area contributed by atoms with Crippen molar-refractivity contribution in [2.45, 2.75) is 38.0 Å². The van der Waals surface area contributed by atoms with Gasteiger partial charge in [0.25, 0.3) is 0 Å². The molecule has 2 bridgehead atoms. The number of fused-ring (bicyclic) bond motifs is 3. The third-order valence-corrected chi connectivity index (χ3v) is 8.61. The van der Waals surface area contributed by atoms with Gasteiger partial charge >= 0.3 is 0 Å². The SMILES string of the molecule is O=C(Nc1ccc2nc(-c3ccc(NC(=O)[C@H]4C[C@@H]4c4ccccc4)cc3)[nH]c2c1)C1CC2CCC1C2. The molecule has 3 aliphatic rings. The minimum Gasteiger partial charge on any atom is -0.338 e. The van der Waals surface area contributed by atoms with Crippen molar-refractivity contribution in [2.75, 3.05) is 10.6 Å². The number of hydrogen-bond acceptors (Lipinski definition) is 3. The Morgan fingerprint density at radius 2 is 1.54 bits per heavy atom. The first-order chi connectivity index (χ1) is 18.1. The lowest BCUT2D eigenvalue weighted by Crippen LogP contribution is -2.27. The third kappa shape index (κ3) is 4.31. The number of carbonyl (C=O) groups is 2. The normalized spacial score (nSPS) is 25.8. The van der Waals surface area contributed by atoms with Gasteiger partial charge < -0.3 is 15.6 Å². The van der Waals surface area contributed by atoms with Gasteiger partial charge in [0.2, 0.25) is 11.8 Å². The van der Waals surface area contributed by atoms with Gasteiger partial charge in [0.05, 0.1) is 11.0 Å². The van der Waals surface area contributed by atoms with E-state index in [1.54, 1.807) is 0 Å².